The number of hydrogen-bond donors (Lipinski definition) is 0. The van der Waals surface area contributed by atoms with Crippen molar-refractivity contribution >= 4 is 0 Å². The zero-order valence-electron chi connectivity index (χ0n) is 17.5. The Balaban J connectivity index is -0.0000000412. The average Bonchev–Trinajstić information content (AvgIpc) is 2.56. The molecule has 0 heterocycles. The van der Waals surface area contributed by atoms with Crippen molar-refractivity contribution in [3.8, 4) is 0 Å². The molecule has 0 atom stereocenters. The maximum absolute atomic E-state index is 3.86. The van der Waals surface area contributed by atoms with Crippen LogP contribution in [0.15, 0.2) is 48.5 Å². The summed E-state index contributed by atoms with van der Waals surface area (Å²) in [5.74, 6) is 0. The molecule has 0 aromatic heterocycles. The molecule has 2 aromatic rings. The van der Waals surface area contributed by atoms with Crippen LogP contribution < -0.4 is 0 Å². The first-order valence-corrected chi connectivity index (χ1v) is 7.70. The van der Waals surface area contributed by atoms with Crippen molar-refractivity contribution < 1.29 is 72.3 Å². The largest absolute Gasteiger partial charge is 2.00 e. The summed E-state index contributed by atoms with van der Waals surface area (Å²) in [6.45, 7) is 15.9. The molecule has 0 nitrogen and oxygen atoms in total. The first-order valence-electron chi connectivity index (χ1n) is 7.70. The SMILES string of the molecule is C.CC.CC.CC.[CH2-]c1ccc(Cc2cc[c-]cc2)cc1.[CH3-].[CH3-].[V+2].[W].[Y]. The third-order valence-corrected chi connectivity index (χ3v) is 2.22. The van der Waals surface area contributed by atoms with Crippen LogP contribution in [-0.2, 0) is 78.8 Å². The number of hydrogen-bond acceptors (Lipinski definition) is 0. The monoisotopic (exact) mass is 640 g/mol. The second kappa shape index (κ2) is 40.4. The fourth-order valence-electron chi connectivity index (χ4n) is 1.43. The van der Waals surface area contributed by atoms with Gasteiger partial charge in [0.1, 0.15) is 0 Å². The zero-order valence-corrected chi connectivity index (χ0v) is 24.6. The van der Waals surface area contributed by atoms with Crippen LogP contribution in [-0.4, -0.2) is 0 Å². The quantitative estimate of drug-likeness (QED) is 0.294. The van der Waals surface area contributed by atoms with Crippen LogP contribution in [0, 0.1) is 27.8 Å². The van der Waals surface area contributed by atoms with Crippen molar-refractivity contribution in [2.24, 2.45) is 0 Å². The smallest absolute Gasteiger partial charge is 0.358 e. The molecular weight excluding hydrogens is 600 g/mol. The summed E-state index contributed by atoms with van der Waals surface area (Å²) >= 11 is 0. The molecule has 0 saturated carbocycles. The van der Waals surface area contributed by atoms with Crippen LogP contribution in [0.3, 0.4) is 0 Å². The molecule has 0 N–H and O–H groups in total. The topological polar surface area (TPSA) is 0 Å². The van der Waals surface area contributed by atoms with E-state index in [2.05, 4.69) is 37.3 Å². The molecule has 0 amide bonds. The fourth-order valence-corrected chi connectivity index (χ4v) is 1.43. The van der Waals surface area contributed by atoms with Gasteiger partial charge in [-0.3, -0.25) is 0 Å². The van der Waals surface area contributed by atoms with E-state index in [-0.39, 0.29) is 94.6 Å². The minimum atomic E-state index is 0. The molecular formula is C23H40VWY-2. The van der Waals surface area contributed by atoms with Crippen molar-refractivity contribution in [3.63, 3.8) is 0 Å². The van der Waals surface area contributed by atoms with Gasteiger partial charge in [0.2, 0.25) is 0 Å². The van der Waals surface area contributed by atoms with Gasteiger partial charge in [0.05, 0.1) is 0 Å². The van der Waals surface area contributed by atoms with Crippen molar-refractivity contribution in [2.75, 3.05) is 0 Å². The predicted octanol–water partition coefficient (Wildman–Crippen LogP) is 7.87. The first-order chi connectivity index (χ1) is 9.84. The van der Waals surface area contributed by atoms with Gasteiger partial charge in [-0.05, 0) is 6.42 Å². The van der Waals surface area contributed by atoms with E-state index in [0.717, 1.165) is 12.0 Å². The van der Waals surface area contributed by atoms with E-state index < -0.39 is 0 Å². The molecule has 2 aromatic carbocycles. The first kappa shape index (κ1) is 50.4. The molecule has 0 saturated heterocycles. The molecule has 3 heteroatoms. The predicted molar refractivity (Wildman–Crippen MR) is 113 cm³/mol. The molecule has 148 valence electrons. The Morgan fingerprint density at radius 1 is 0.731 bits per heavy atom. The van der Waals surface area contributed by atoms with Crippen molar-refractivity contribution in [1.82, 2.24) is 0 Å². The summed E-state index contributed by atoms with van der Waals surface area (Å²) in [5.41, 5.74) is 3.71. The molecule has 26 heavy (non-hydrogen) atoms. The van der Waals surface area contributed by atoms with E-state index in [9.17, 15) is 0 Å². The zero-order chi connectivity index (χ0) is 15.8. The van der Waals surface area contributed by atoms with Crippen LogP contribution in [0.1, 0.15) is 65.7 Å². The Labute approximate surface area is 218 Å². The summed E-state index contributed by atoms with van der Waals surface area (Å²) in [6.07, 6.45) is 0.981. The Morgan fingerprint density at radius 3 is 1.38 bits per heavy atom. The van der Waals surface area contributed by atoms with E-state index >= 15 is 0 Å². The van der Waals surface area contributed by atoms with Gasteiger partial charge in [-0.25, -0.2) is 0 Å². The standard InChI is InChI=1S/C14H12.3C2H6.CH4.2CH3.V.W.Y/c1-12-7-9-14(10-8-12)11-13-5-3-2-4-6-13;3*1-2;;;;;;/h3-10H,1,11H2;3*1-2H3;1H4;2*1H3;;;/q-2;;;;;2*-1;+2;;. The fraction of sp³-hybridized carbons (Fsp3) is 0.348. The molecule has 2 rings (SSSR count). The van der Waals surface area contributed by atoms with E-state index in [1.54, 1.807) is 0 Å². The molecule has 0 unspecified atom stereocenters. The van der Waals surface area contributed by atoms with Crippen molar-refractivity contribution in [3.05, 3.63) is 93.1 Å². The molecule has 0 bridgehead atoms. The molecule has 0 spiro atoms. The van der Waals surface area contributed by atoms with Crippen molar-refractivity contribution in [1.29, 1.82) is 0 Å². The van der Waals surface area contributed by atoms with Gasteiger partial charge in [-0.2, -0.15) is 60.5 Å². The minimum absolute atomic E-state index is 0. The van der Waals surface area contributed by atoms with Gasteiger partial charge in [-0.15, -0.1) is 12.1 Å². The van der Waals surface area contributed by atoms with Crippen LogP contribution in [0.2, 0.25) is 0 Å². The summed E-state index contributed by atoms with van der Waals surface area (Å²) in [7, 11) is 0. The van der Waals surface area contributed by atoms with Gasteiger partial charge in [0.25, 0.3) is 0 Å². The van der Waals surface area contributed by atoms with Gasteiger partial charge < -0.3 is 14.9 Å². The Morgan fingerprint density at radius 2 is 1.04 bits per heavy atom. The Hall–Kier alpha value is 0.687. The molecule has 0 aliphatic heterocycles. The number of rotatable bonds is 2. The van der Waals surface area contributed by atoms with Gasteiger partial charge in [0.15, 0.2) is 0 Å². The molecule has 0 aliphatic carbocycles. The number of benzene rings is 2. The van der Waals surface area contributed by atoms with Gasteiger partial charge in [-0.1, -0.05) is 54.5 Å². The van der Waals surface area contributed by atoms with E-state index in [4.69, 9.17) is 0 Å². The van der Waals surface area contributed by atoms with Crippen LogP contribution in [0.5, 0.6) is 0 Å². The third kappa shape index (κ3) is 26.9. The van der Waals surface area contributed by atoms with E-state index in [0.29, 0.717) is 0 Å². The third-order valence-electron chi connectivity index (χ3n) is 2.22. The maximum Gasteiger partial charge on any atom is 2.00 e. The molecule has 0 fully saturated rings. The summed E-state index contributed by atoms with van der Waals surface area (Å²) in [4.78, 5) is 0. The van der Waals surface area contributed by atoms with Crippen molar-refractivity contribution in [2.45, 2.75) is 55.4 Å². The average molecular weight is 640 g/mol. The van der Waals surface area contributed by atoms with Crippen LogP contribution in [0.4, 0.5) is 0 Å². The summed E-state index contributed by atoms with van der Waals surface area (Å²) in [5, 5.41) is 0. The summed E-state index contributed by atoms with van der Waals surface area (Å²) < 4.78 is 0. The maximum atomic E-state index is 3.86. The van der Waals surface area contributed by atoms with Crippen LogP contribution in [0.25, 0.3) is 0 Å². The minimum Gasteiger partial charge on any atom is -0.358 e. The van der Waals surface area contributed by atoms with E-state index in [1.165, 1.54) is 11.1 Å². The summed E-state index contributed by atoms with van der Waals surface area (Å²) in [6, 6.07) is 19.4. The van der Waals surface area contributed by atoms with Gasteiger partial charge in [0, 0.05) is 53.8 Å². The van der Waals surface area contributed by atoms with Gasteiger partial charge >= 0.3 is 18.6 Å². The second-order valence-electron chi connectivity index (χ2n) is 3.40. The Kier molecular flexibility index (Phi) is 78.3. The second-order valence-corrected chi connectivity index (χ2v) is 3.40. The molecule has 2 radical (unpaired) electrons. The molecule has 0 aliphatic rings. The Bertz CT molecular complexity index is 402. The van der Waals surface area contributed by atoms with E-state index in [1.807, 2.05) is 65.8 Å². The normalized spacial score (nSPS) is 6.08. The van der Waals surface area contributed by atoms with Crippen LogP contribution >= 0.6 is 0 Å².